The SMILES string of the molecule is CCC(Oc1ccccc1C)C(=O)Nc1ccc(S(=O)(=O)N(C)C)cc1. The molecule has 1 atom stereocenters. The topological polar surface area (TPSA) is 75.7 Å². The van der Waals surface area contributed by atoms with E-state index in [-0.39, 0.29) is 10.8 Å². The number of anilines is 1. The van der Waals surface area contributed by atoms with Crippen LogP contribution in [0, 0.1) is 6.92 Å². The van der Waals surface area contributed by atoms with E-state index >= 15 is 0 Å². The molecule has 0 fully saturated rings. The lowest BCUT2D eigenvalue weighted by atomic mass is 10.2. The molecule has 2 rings (SSSR count). The maximum Gasteiger partial charge on any atom is 0.265 e. The lowest BCUT2D eigenvalue weighted by Gasteiger charge is -2.18. The Morgan fingerprint density at radius 1 is 1.12 bits per heavy atom. The van der Waals surface area contributed by atoms with Crippen molar-refractivity contribution >= 4 is 21.6 Å². The minimum Gasteiger partial charge on any atom is -0.480 e. The Hall–Kier alpha value is -2.38. The molecule has 26 heavy (non-hydrogen) atoms. The van der Waals surface area contributed by atoms with E-state index in [9.17, 15) is 13.2 Å². The summed E-state index contributed by atoms with van der Waals surface area (Å²) in [7, 11) is -0.549. The molecule has 1 N–H and O–H groups in total. The van der Waals surface area contributed by atoms with Crippen molar-refractivity contribution in [1.82, 2.24) is 4.31 Å². The molecule has 0 aliphatic carbocycles. The highest BCUT2D eigenvalue weighted by Crippen LogP contribution is 2.20. The first-order valence-electron chi connectivity index (χ1n) is 8.31. The first-order chi connectivity index (χ1) is 12.3. The van der Waals surface area contributed by atoms with Crippen LogP contribution < -0.4 is 10.1 Å². The third kappa shape index (κ3) is 4.62. The Morgan fingerprint density at radius 3 is 2.27 bits per heavy atom. The minimum absolute atomic E-state index is 0.170. The Labute approximate surface area is 154 Å². The average Bonchev–Trinajstić information content (AvgIpc) is 2.61. The summed E-state index contributed by atoms with van der Waals surface area (Å²) in [6.07, 6.45) is -0.130. The van der Waals surface area contributed by atoms with Crippen LogP contribution in [0.25, 0.3) is 0 Å². The highest BCUT2D eigenvalue weighted by Gasteiger charge is 2.20. The van der Waals surface area contributed by atoms with Crippen LogP contribution in [0.1, 0.15) is 18.9 Å². The first-order valence-corrected chi connectivity index (χ1v) is 9.75. The summed E-state index contributed by atoms with van der Waals surface area (Å²) in [6, 6.07) is 13.6. The smallest absolute Gasteiger partial charge is 0.265 e. The summed E-state index contributed by atoms with van der Waals surface area (Å²) in [4.78, 5) is 12.7. The number of ether oxygens (including phenoxy) is 1. The number of benzene rings is 2. The number of carbonyl (C=O) groups is 1. The molecule has 6 nitrogen and oxygen atoms in total. The van der Waals surface area contributed by atoms with Crippen molar-refractivity contribution in [3.63, 3.8) is 0 Å². The molecule has 2 aromatic rings. The second-order valence-corrected chi connectivity index (χ2v) is 8.23. The molecule has 0 saturated heterocycles. The van der Waals surface area contributed by atoms with E-state index in [1.807, 2.05) is 38.1 Å². The number of amides is 1. The standard InChI is InChI=1S/C19H24N2O4S/c1-5-17(25-18-9-7-6-8-14(18)2)19(22)20-15-10-12-16(13-11-15)26(23,24)21(3)4/h6-13,17H,5H2,1-4H3,(H,20,22). The summed E-state index contributed by atoms with van der Waals surface area (Å²) in [5.41, 5.74) is 1.47. The molecule has 1 unspecified atom stereocenters. The zero-order chi connectivity index (χ0) is 19.3. The van der Waals surface area contributed by atoms with Gasteiger partial charge in [0, 0.05) is 19.8 Å². The summed E-state index contributed by atoms with van der Waals surface area (Å²) >= 11 is 0. The van der Waals surface area contributed by atoms with Gasteiger partial charge in [0.15, 0.2) is 6.10 Å². The van der Waals surface area contributed by atoms with Crippen LogP contribution in [-0.4, -0.2) is 38.8 Å². The van der Waals surface area contributed by atoms with Gasteiger partial charge in [0.25, 0.3) is 5.91 Å². The van der Waals surface area contributed by atoms with E-state index in [4.69, 9.17) is 4.74 Å². The molecule has 0 bridgehead atoms. The molecule has 140 valence electrons. The van der Waals surface area contributed by atoms with Gasteiger partial charge in [-0.2, -0.15) is 0 Å². The van der Waals surface area contributed by atoms with E-state index in [0.29, 0.717) is 17.9 Å². The van der Waals surface area contributed by atoms with Crippen LogP contribution in [0.2, 0.25) is 0 Å². The minimum atomic E-state index is -3.49. The fraction of sp³-hybridized carbons (Fsp3) is 0.316. The van der Waals surface area contributed by atoms with Gasteiger partial charge in [-0.3, -0.25) is 4.79 Å². The van der Waals surface area contributed by atoms with Crippen molar-refractivity contribution in [2.75, 3.05) is 19.4 Å². The van der Waals surface area contributed by atoms with Crippen molar-refractivity contribution in [2.45, 2.75) is 31.3 Å². The largest absolute Gasteiger partial charge is 0.480 e. The van der Waals surface area contributed by atoms with Gasteiger partial charge in [-0.25, -0.2) is 12.7 Å². The number of hydrogen-bond donors (Lipinski definition) is 1. The highest BCUT2D eigenvalue weighted by atomic mass is 32.2. The molecule has 0 saturated carbocycles. The number of aryl methyl sites for hydroxylation is 1. The molecule has 2 aromatic carbocycles. The molecule has 7 heteroatoms. The number of sulfonamides is 1. The van der Waals surface area contributed by atoms with Gasteiger partial charge in [0.05, 0.1) is 4.90 Å². The van der Waals surface area contributed by atoms with Gasteiger partial charge in [0.1, 0.15) is 5.75 Å². The van der Waals surface area contributed by atoms with E-state index in [1.54, 1.807) is 12.1 Å². The van der Waals surface area contributed by atoms with Crippen molar-refractivity contribution in [1.29, 1.82) is 0 Å². The van der Waals surface area contributed by atoms with Crippen LogP contribution in [0.5, 0.6) is 5.75 Å². The van der Waals surface area contributed by atoms with Crippen molar-refractivity contribution in [3.05, 3.63) is 54.1 Å². The summed E-state index contributed by atoms with van der Waals surface area (Å²) in [5.74, 6) is 0.390. The van der Waals surface area contributed by atoms with Gasteiger partial charge in [-0.1, -0.05) is 25.1 Å². The molecule has 0 aromatic heterocycles. The number of nitrogens with zero attached hydrogens (tertiary/aromatic N) is 1. The zero-order valence-electron chi connectivity index (χ0n) is 15.4. The van der Waals surface area contributed by atoms with Crippen LogP contribution in [0.4, 0.5) is 5.69 Å². The maximum absolute atomic E-state index is 12.5. The van der Waals surface area contributed by atoms with E-state index in [2.05, 4.69) is 5.32 Å². The van der Waals surface area contributed by atoms with Crippen molar-refractivity contribution < 1.29 is 17.9 Å². The third-order valence-corrected chi connectivity index (χ3v) is 5.76. The Kier molecular flexibility index (Phi) is 6.39. The maximum atomic E-state index is 12.5. The molecular formula is C19H24N2O4S. The van der Waals surface area contributed by atoms with E-state index < -0.39 is 16.1 Å². The van der Waals surface area contributed by atoms with Gasteiger partial charge in [-0.15, -0.1) is 0 Å². The second kappa shape index (κ2) is 8.33. The van der Waals surface area contributed by atoms with Crippen molar-refractivity contribution in [3.8, 4) is 5.75 Å². The van der Waals surface area contributed by atoms with Gasteiger partial charge in [-0.05, 0) is 49.2 Å². The quantitative estimate of drug-likeness (QED) is 0.806. The first kappa shape index (κ1) is 19.9. The van der Waals surface area contributed by atoms with Crippen molar-refractivity contribution in [2.24, 2.45) is 0 Å². The Balaban J connectivity index is 2.09. The molecular weight excluding hydrogens is 352 g/mol. The van der Waals surface area contributed by atoms with Crippen LogP contribution >= 0.6 is 0 Å². The molecule has 0 aliphatic heterocycles. The molecule has 0 spiro atoms. The van der Waals surface area contributed by atoms with Crippen LogP contribution in [-0.2, 0) is 14.8 Å². The van der Waals surface area contributed by atoms with Crippen LogP contribution in [0.15, 0.2) is 53.4 Å². The fourth-order valence-electron chi connectivity index (χ4n) is 2.31. The summed E-state index contributed by atoms with van der Waals surface area (Å²) in [6.45, 7) is 3.79. The third-order valence-electron chi connectivity index (χ3n) is 3.93. The van der Waals surface area contributed by atoms with Gasteiger partial charge in [0.2, 0.25) is 10.0 Å². The summed E-state index contributed by atoms with van der Waals surface area (Å²) in [5, 5.41) is 2.77. The molecule has 1 amide bonds. The number of nitrogens with one attached hydrogen (secondary N) is 1. The fourth-order valence-corrected chi connectivity index (χ4v) is 3.21. The normalized spacial score (nSPS) is 12.7. The van der Waals surface area contributed by atoms with Gasteiger partial charge >= 0.3 is 0 Å². The average molecular weight is 376 g/mol. The highest BCUT2D eigenvalue weighted by molar-refractivity contribution is 7.89. The molecule has 0 aliphatic rings. The summed E-state index contributed by atoms with van der Waals surface area (Å²) < 4.78 is 31.1. The van der Waals surface area contributed by atoms with Crippen LogP contribution in [0.3, 0.4) is 0 Å². The Bertz CT molecular complexity index is 861. The molecule has 0 radical (unpaired) electrons. The lowest BCUT2D eigenvalue weighted by Crippen LogP contribution is -2.32. The number of rotatable bonds is 7. The molecule has 0 heterocycles. The lowest BCUT2D eigenvalue weighted by molar-refractivity contribution is -0.122. The zero-order valence-corrected chi connectivity index (χ0v) is 16.2. The van der Waals surface area contributed by atoms with E-state index in [0.717, 1.165) is 9.87 Å². The second-order valence-electron chi connectivity index (χ2n) is 6.08. The number of carbonyl (C=O) groups excluding carboxylic acids is 1. The monoisotopic (exact) mass is 376 g/mol. The Morgan fingerprint density at radius 2 is 1.73 bits per heavy atom. The number of para-hydroxylation sites is 1. The number of hydrogen-bond acceptors (Lipinski definition) is 4. The predicted molar refractivity (Wildman–Crippen MR) is 102 cm³/mol. The van der Waals surface area contributed by atoms with Gasteiger partial charge < -0.3 is 10.1 Å². The van der Waals surface area contributed by atoms with E-state index in [1.165, 1.54) is 26.2 Å². The predicted octanol–water partition coefficient (Wildman–Crippen LogP) is 3.04.